The number of ketones is 1. The molecule has 0 N–H and O–H groups in total. The highest BCUT2D eigenvalue weighted by molar-refractivity contribution is 5.84. The van der Waals surface area contributed by atoms with Gasteiger partial charge in [-0.3, -0.25) is 4.79 Å². The molecule has 94 valence electrons. The molecule has 18 heavy (non-hydrogen) atoms. The lowest BCUT2D eigenvalue weighted by Gasteiger charge is -2.20. The Kier molecular flexibility index (Phi) is 2.94. The topological polar surface area (TPSA) is 22.0 Å². The first-order valence-corrected chi connectivity index (χ1v) is 6.78. The van der Waals surface area contributed by atoms with Gasteiger partial charge in [0, 0.05) is 37.0 Å². The van der Waals surface area contributed by atoms with Crippen LogP contribution >= 0.6 is 0 Å². The molecule has 0 unspecified atom stereocenters. The molecule has 2 nitrogen and oxygen atoms in total. The molecule has 2 heteroatoms. The molecule has 1 aliphatic carbocycles. The second-order valence-electron chi connectivity index (χ2n) is 5.47. The molecule has 0 radical (unpaired) electrons. The van der Waals surface area contributed by atoms with E-state index in [1.165, 1.54) is 16.5 Å². The van der Waals surface area contributed by atoms with Crippen LogP contribution in [0.5, 0.6) is 0 Å². The van der Waals surface area contributed by atoms with Crippen molar-refractivity contribution < 1.29 is 4.79 Å². The van der Waals surface area contributed by atoms with Crippen molar-refractivity contribution in [3.63, 3.8) is 0 Å². The summed E-state index contributed by atoms with van der Waals surface area (Å²) in [5, 5.41) is 1.37. The summed E-state index contributed by atoms with van der Waals surface area (Å²) in [5.41, 5.74) is 2.74. The molecule has 0 spiro atoms. The first-order chi connectivity index (χ1) is 8.74. The Morgan fingerprint density at radius 1 is 1.22 bits per heavy atom. The molecule has 2 aromatic rings. The Balaban J connectivity index is 1.84. The van der Waals surface area contributed by atoms with Crippen LogP contribution in [0.1, 0.15) is 31.2 Å². The molecule has 1 saturated carbocycles. The zero-order chi connectivity index (χ0) is 12.5. The van der Waals surface area contributed by atoms with E-state index in [9.17, 15) is 4.79 Å². The summed E-state index contributed by atoms with van der Waals surface area (Å²) >= 11 is 0. The number of carbonyl (C=O) groups excluding carboxylic acids is 1. The average molecular weight is 241 g/mol. The molecule has 3 rings (SSSR count). The summed E-state index contributed by atoms with van der Waals surface area (Å²) in [6.07, 6.45) is 7.09. The van der Waals surface area contributed by atoms with Crippen molar-refractivity contribution in [3.8, 4) is 0 Å². The van der Waals surface area contributed by atoms with E-state index in [-0.39, 0.29) is 0 Å². The number of rotatable bonds is 2. The number of para-hydroxylation sites is 1. The summed E-state index contributed by atoms with van der Waals surface area (Å²) in [5.74, 6) is 1.14. The number of hydrogen-bond acceptors (Lipinski definition) is 1. The number of hydrogen-bond donors (Lipinski definition) is 0. The molecule has 0 aliphatic heterocycles. The first kappa shape index (κ1) is 11.5. The van der Waals surface area contributed by atoms with Gasteiger partial charge < -0.3 is 4.57 Å². The highest BCUT2D eigenvalue weighted by atomic mass is 16.1. The molecule has 1 fully saturated rings. The minimum atomic E-state index is 0.448. The van der Waals surface area contributed by atoms with Crippen LogP contribution in [0.3, 0.4) is 0 Å². The third-order valence-electron chi connectivity index (χ3n) is 4.15. The molecule has 0 amide bonds. The van der Waals surface area contributed by atoms with Crippen LogP contribution in [0.25, 0.3) is 10.9 Å². The third-order valence-corrected chi connectivity index (χ3v) is 4.15. The lowest BCUT2D eigenvalue weighted by atomic mass is 9.84. The van der Waals surface area contributed by atoms with Gasteiger partial charge in [0.05, 0.1) is 0 Å². The van der Waals surface area contributed by atoms with E-state index in [0.29, 0.717) is 11.7 Å². The Morgan fingerprint density at radius 2 is 1.94 bits per heavy atom. The number of Topliss-reactive ketones (excluding diaryl/α,β-unsaturated/α-hetero) is 1. The van der Waals surface area contributed by atoms with Gasteiger partial charge in [-0.05, 0) is 36.8 Å². The maximum atomic E-state index is 11.3. The normalized spacial score (nSPS) is 17.5. The predicted molar refractivity (Wildman–Crippen MR) is 73.6 cm³/mol. The smallest absolute Gasteiger partial charge is 0.132 e. The highest BCUT2D eigenvalue weighted by Crippen LogP contribution is 2.29. The first-order valence-electron chi connectivity index (χ1n) is 6.78. The molecule has 1 heterocycles. The quantitative estimate of drug-likeness (QED) is 0.789. The van der Waals surface area contributed by atoms with Crippen molar-refractivity contribution in [1.82, 2.24) is 4.57 Å². The van der Waals surface area contributed by atoms with Crippen LogP contribution < -0.4 is 0 Å². The Bertz CT molecular complexity index is 572. The van der Waals surface area contributed by atoms with Gasteiger partial charge in [0.25, 0.3) is 0 Å². The van der Waals surface area contributed by atoms with Gasteiger partial charge >= 0.3 is 0 Å². The second kappa shape index (κ2) is 4.60. The minimum Gasteiger partial charge on any atom is -0.350 e. The van der Waals surface area contributed by atoms with E-state index in [1.54, 1.807) is 0 Å². The van der Waals surface area contributed by atoms with Crippen LogP contribution in [0.4, 0.5) is 0 Å². The van der Waals surface area contributed by atoms with Crippen molar-refractivity contribution in [2.75, 3.05) is 0 Å². The van der Waals surface area contributed by atoms with Gasteiger partial charge in [-0.1, -0.05) is 18.2 Å². The standard InChI is InChI=1S/C16H19NO/c1-17-11-13(15-4-2-3-5-16(15)17)10-12-6-8-14(18)9-7-12/h2-5,11-12H,6-10H2,1H3. The van der Waals surface area contributed by atoms with E-state index in [0.717, 1.165) is 32.1 Å². The van der Waals surface area contributed by atoms with Crippen LogP contribution in [0, 0.1) is 5.92 Å². The third kappa shape index (κ3) is 2.07. The molecule has 1 aliphatic rings. The number of benzene rings is 1. The van der Waals surface area contributed by atoms with Gasteiger partial charge in [0.15, 0.2) is 0 Å². The minimum absolute atomic E-state index is 0.448. The zero-order valence-electron chi connectivity index (χ0n) is 10.9. The van der Waals surface area contributed by atoms with Crippen LogP contribution in [0.2, 0.25) is 0 Å². The molecule has 1 aromatic heterocycles. The maximum absolute atomic E-state index is 11.3. The SMILES string of the molecule is Cn1cc(CC2CCC(=O)CC2)c2ccccc21. The Hall–Kier alpha value is -1.57. The zero-order valence-corrected chi connectivity index (χ0v) is 10.9. The van der Waals surface area contributed by atoms with Gasteiger partial charge in [0.2, 0.25) is 0 Å². The summed E-state index contributed by atoms with van der Waals surface area (Å²) in [6.45, 7) is 0. The maximum Gasteiger partial charge on any atom is 0.132 e. The summed E-state index contributed by atoms with van der Waals surface area (Å²) in [4.78, 5) is 11.3. The fourth-order valence-corrected chi connectivity index (χ4v) is 3.10. The number of carbonyl (C=O) groups is 1. The van der Waals surface area contributed by atoms with E-state index in [4.69, 9.17) is 0 Å². The lowest BCUT2D eigenvalue weighted by Crippen LogP contribution is -2.15. The summed E-state index contributed by atoms with van der Waals surface area (Å²) < 4.78 is 2.21. The van der Waals surface area contributed by atoms with E-state index in [2.05, 4.69) is 42.1 Å². The molecular weight excluding hydrogens is 222 g/mol. The fraction of sp³-hybridized carbons (Fsp3) is 0.438. The number of aryl methyl sites for hydroxylation is 1. The van der Waals surface area contributed by atoms with Crippen LogP contribution in [-0.4, -0.2) is 10.4 Å². The van der Waals surface area contributed by atoms with E-state index >= 15 is 0 Å². The second-order valence-corrected chi connectivity index (χ2v) is 5.47. The Morgan fingerprint density at radius 3 is 2.72 bits per heavy atom. The van der Waals surface area contributed by atoms with Crippen molar-refractivity contribution in [2.45, 2.75) is 32.1 Å². The lowest BCUT2D eigenvalue weighted by molar-refractivity contribution is -0.120. The fourth-order valence-electron chi connectivity index (χ4n) is 3.10. The van der Waals surface area contributed by atoms with Crippen molar-refractivity contribution in [3.05, 3.63) is 36.0 Å². The summed E-state index contributed by atoms with van der Waals surface area (Å²) in [7, 11) is 2.11. The van der Waals surface area contributed by atoms with Gasteiger partial charge in [0.1, 0.15) is 5.78 Å². The van der Waals surface area contributed by atoms with Gasteiger partial charge in [-0.2, -0.15) is 0 Å². The van der Waals surface area contributed by atoms with Crippen molar-refractivity contribution in [2.24, 2.45) is 13.0 Å². The van der Waals surface area contributed by atoms with Gasteiger partial charge in [-0.15, -0.1) is 0 Å². The van der Waals surface area contributed by atoms with Crippen molar-refractivity contribution >= 4 is 16.7 Å². The van der Waals surface area contributed by atoms with Crippen LogP contribution in [-0.2, 0) is 18.3 Å². The molecule has 0 bridgehead atoms. The monoisotopic (exact) mass is 241 g/mol. The number of nitrogens with zero attached hydrogens (tertiary/aromatic N) is 1. The molecule has 0 atom stereocenters. The number of aromatic nitrogens is 1. The summed E-state index contributed by atoms with van der Waals surface area (Å²) in [6, 6.07) is 8.57. The predicted octanol–water partition coefficient (Wildman–Crippen LogP) is 3.48. The largest absolute Gasteiger partial charge is 0.350 e. The van der Waals surface area contributed by atoms with Gasteiger partial charge in [-0.25, -0.2) is 0 Å². The molecule has 1 aromatic carbocycles. The Labute approximate surface area is 108 Å². The highest BCUT2D eigenvalue weighted by Gasteiger charge is 2.20. The molecule has 0 saturated heterocycles. The van der Waals surface area contributed by atoms with Crippen LogP contribution in [0.15, 0.2) is 30.5 Å². The van der Waals surface area contributed by atoms with E-state index in [1.807, 2.05) is 0 Å². The number of fused-ring (bicyclic) bond motifs is 1. The molecular formula is C16H19NO. The average Bonchev–Trinajstić information content (AvgIpc) is 2.70. The van der Waals surface area contributed by atoms with Crippen molar-refractivity contribution in [1.29, 1.82) is 0 Å². The van der Waals surface area contributed by atoms with E-state index < -0.39 is 0 Å².